The molecule has 0 saturated carbocycles. The number of benzene rings is 5. The lowest BCUT2D eigenvalue weighted by atomic mass is 9.47. The lowest BCUT2D eigenvalue weighted by Crippen LogP contribution is -2.32. The zero-order chi connectivity index (χ0) is 51.1. The van der Waals surface area contributed by atoms with E-state index in [9.17, 15) is 9.59 Å². The van der Waals surface area contributed by atoms with Gasteiger partial charge in [0.25, 0.3) is 0 Å². The summed E-state index contributed by atoms with van der Waals surface area (Å²) in [6.07, 6.45) is 9.25. The van der Waals surface area contributed by atoms with E-state index in [2.05, 4.69) is 148 Å². The monoisotopic (exact) mass is 973 g/mol. The number of carbonyl (C=O) groups excluding carboxylic acids is 2. The number of fused-ring (bicyclic) bond motifs is 2. The van der Waals surface area contributed by atoms with Crippen molar-refractivity contribution < 1.29 is 28.5 Å². The molecule has 2 saturated heterocycles. The van der Waals surface area contributed by atoms with E-state index in [4.69, 9.17) is 18.9 Å². The lowest BCUT2D eigenvalue weighted by molar-refractivity contribution is -0.141. The molecular formula is C62H82B2N2O6. The zero-order valence-corrected chi connectivity index (χ0v) is 44.7. The first-order valence-electron chi connectivity index (χ1n) is 27.0. The van der Waals surface area contributed by atoms with Crippen LogP contribution in [0.25, 0.3) is 21.5 Å². The third kappa shape index (κ3) is 15.5. The highest BCUT2D eigenvalue weighted by molar-refractivity contribution is 6.38. The highest BCUT2D eigenvalue weighted by atomic mass is 16.6. The van der Waals surface area contributed by atoms with Crippen LogP contribution in [0.2, 0.25) is 12.6 Å². The van der Waals surface area contributed by atoms with Gasteiger partial charge in [-0.25, -0.2) is 9.59 Å². The average Bonchev–Trinajstić information content (AvgIpc) is 3.36. The summed E-state index contributed by atoms with van der Waals surface area (Å²) in [5, 5.41) is 5.27. The highest BCUT2D eigenvalue weighted by Crippen LogP contribution is 2.41. The molecule has 0 amide bonds. The van der Waals surface area contributed by atoms with Gasteiger partial charge >= 0.3 is 11.9 Å². The summed E-state index contributed by atoms with van der Waals surface area (Å²) in [5.41, 5.74) is 10.2. The van der Waals surface area contributed by atoms with Crippen LogP contribution in [-0.2, 0) is 54.5 Å². The quantitative estimate of drug-likeness (QED) is 0.0178. The summed E-state index contributed by atoms with van der Waals surface area (Å²) < 4.78 is 22.9. The van der Waals surface area contributed by atoms with Crippen LogP contribution < -0.4 is 0 Å². The van der Waals surface area contributed by atoms with Crippen molar-refractivity contribution in [2.45, 2.75) is 117 Å². The van der Waals surface area contributed by atoms with Gasteiger partial charge in [-0.3, -0.25) is 9.80 Å². The van der Waals surface area contributed by atoms with Crippen LogP contribution in [0, 0.1) is 10.8 Å². The number of nitrogens with zero attached hydrogens (tertiary/aromatic N) is 2. The molecule has 0 N–H and O–H groups in total. The van der Waals surface area contributed by atoms with Gasteiger partial charge in [-0.1, -0.05) is 163 Å². The van der Waals surface area contributed by atoms with Gasteiger partial charge in [0.15, 0.2) is 0 Å². The summed E-state index contributed by atoms with van der Waals surface area (Å²) in [7, 11) is 2.46. The molecule has 5 aromatic rings. The average molecular weight is 973 g/mol. The fraction of sp³-hybridized carbons (Fsp3) is 0.484. The molecular weight excluding hydrogens is 890 g/mol. The molecule has 2 aliphatic rings. The Labute approximate surface area is 433 Å². The smallest absolute Gasteiger partial charge is 0.333 e. The van der Waals surface area contributed by atoms with Gasteiger partial charge in [-0.15, -0.1) is 0 Å². The summed E-state index contributed by atoms with van der Waals surface area (Å²) in [4.78, 5) is 29.2. The zero-order valence-electron chi connectivity index (χ0n) is 44.7. The largest absolute Gasteiger partial charge is 0.460 e. The topological polar surface area (TPSA) is 77.5 Å². The van der Waals surface area contributed by atoms with E-state index in [1.165, 1.54) is 108 Å². The Kier molecular flexibility index (Phi) is 20.0. The van der Waals surface area contributed by atoms with Crippen molar-refractivity contribution in [3.8, 4) is 0 Å². The number of hydrogen-bond donors (Lipinski definition) is 0. The normalized spacial score (nSPS) is 17.4. The first-order valence-corrected chi connectivity index (χ1v) is 27.0. The molecule has 5 aromatic carbocycles. The minimum absolute atomic E-state index is 0.212. The molecule has 7 rings (SSSR count). The molecule has 72 heavy (non-hydrogen) atoms. The molecule has 0 radical (unpaired) electrons. The summed E-state index contributed by atoms with van der Waals surface area (Å²) in [5.74, 6) is 0.397. The van der Waals surface area contributed by atoms with Gasteiger partial charge < -0.3 is 18.9 Å². The third-order valence-electron chi connectivity index (χ3n) is 15.7. The molecule has 2 heterocycles. The van der Waals surface area contributed by atoms with E-state index in [-0.39, 0.29) is 25.2 Å². The molecule has 2 fully saturated rings. The van der Waals surface area contributed by atoms with Crippen LogP contribution in [-0.4, -0.2) is 102 Å². The Balaban J connectivity index is 1.12. The van der Waals surface area contributed by atoms with Crippen molar-refractivity contribution in [1.82, 2.24) is 9.80 Å². The highest BCUT2D eigenvalue weighted by Gasteiger charge is 2.31. The maximum atomic E-state index is 12.0. The van der Waals surface area contributed by atoms with E-state index in [0.717, 1.165) is 52.1 Å². The predicted octanol–water partition coefficient (Wildman–Crippen LogP) is 11.8. The van der Waals surface area contributed by atoms with Crippen molar-refractivity contribution in [3.63, 3.8) is 0 Å². The molecule has 2 unspecified atom stereocenters. The van der Waals surface area contributed by atoms with Gasteiger partial charge in [0.1, 0.15) is 27.8 Å². The second-order valence-corrected chi connectivity index (χ2v) is 22.4. The number of rotatable bonds is 26. The van der Waals surface area contributed by atoms with Gasteiger partial charge in [0.2, 0.25) is 0 Å². The van der Waals surface area contributed by atoms with E-state index < -0.39 is 0 Å². The number of ether oxygens (including phenoxy) is 4. The predicted molar refractivity (Wildman–Crippen MR) is 301 cm³/mol. The Bertz CT molecular complexity index is 2370. The van der Waals surface area contributed by atoms with Crippen LogP contribution in [0.3, 0.4) is 0 Å². The molecule has 0 aromatic heterocycles. The maximum absolute atomic E-state index is 12.0. The SMILES string of the molecule is C=C(C)C(=O)OCCOCCN(CCc1c2ccccc2c(CCN(CCOCCOC(=O)C(=C)C)Cc2ccccc2C2BCC(C)(C)CC2)c2ccccc12)Cc1ccccc1C1BCC(C)(C)CC1. The van der Waals surface area contributed by atoms with Gasteiger partial charge in [0, 0.05) is 50.4 Å². The first-order chi connectivity index (χ1) is 34.7. The molecule has 0 aliphatic carbocycles. The summed E-state index contributed by atoms with van der Waals surface area (Å²) >= 11 is 0. The Morgan fingerprint density at radius 2 is 0.889 bits per heavy atom. The lowest BCUT2D eigenvalue weighted by Gasteiger charge is -2.35. The van der Waals surface area contributed by atoms with E-state index in [0.29, 0.717) is 60.0 Å². The first kappa shape index (κ1) is 54.8. The molecule has 8 nitrogen and oxygen atoms in total. The van der Waals surface area contributed by atoms with Crippen molar-refractivity contribution in [2.24, 2.45) is 10.8 Å². The minimum atomic E-state index is -0.382. The number of carbonyl (C=O) groups is 2. The molecule has 10 heteroatoms. The molecule has 2 aliphatic heterocycles. The standard InChI is InChI=1S/C62H82B2N2O6/c1-45(2)59(67)71-39-37-69-35-33-65(41-47-17-9-11-19-49(47)57-25-29-61(5,6)43-63-57)31-27-55-51-21-13-15-23-53(51)56(54-24-16-14-22-52(54)55)28-32-66(34-36-70-38-40-72-60(68)46(3)4)42-48-18-10-12-20-50(48)58-26-30-62(7,8)44-64-58/h9-24,57-58,63-64H,1,3,25-44H2,2,4-8H3. The van der Waals surface area contributed by atoms with Crippen molar-refractivity contribution in [3.05, 3.63) is 155 Å². The van der Waals surface area contributed by atoms with Gasteiger partial charge in [0.05, 0.1) is 26.4 Å². The molecule has 0 spiro atoms. The van der Waals surface area contributed by atoms with Crippen LogP contribution in [0.4, 0.5) is 0 Å². The van der Waals surface area contributed by atoms with Crippen molar-refractivity contribution >= 4 is 48.0 Å². The summed E-state index contributed by atoms with van der Waals surface area (Å²) in [6.45, 7) is 27.5. The fourth-order valence-corrected chi connectivity index (χ4v) is 11.2. The van der Waals surface area contributed by atoms with Gasteiger partial charge in [-0.2, -0.15) is 0 Å². The van der Waals surface area contributed by atoms with E-state index in [1.54, 1.807) is 13.8 Å². The van der Waals surface area contributed by atoms with E-state index >= 15 is 0 Å². The van der Waals surface area contributed by atoms with Crippen LogP contribution in [0.1, 0.15) is 112 Å². The Morgan fingerprint density at radius 3 is 1.24 bits per heavy atom. The fourth-order valence-electron chi connectivity index (χ4n) is 11.2. The number of hydrogen-bond acceptors (Lipinski definition) is 8. The third-order valence-corrected chi connectivity index (χ3v) is 15.7. The van der Waals surface area contributed by atoms with Crippen molar-refractivity contribution in [1.29, 1.82) is 0 Å². The Morgan fingerprint density at radius 1 is 0.528 bits per heavy atom. The van der Waals surface area contributed by atoms with Crippen LogP contribution in [0.5, 0.6) is 0 Å². The van der Waals surface area contributed by atoms with Crippen LogP contribution in [0.15, 0.2) is 121 Å². The second-order valence-electron chi connectivity index (χ2n) is 22.4. The summed E-state index contributed by atoms with van der Waals surface area (Å²) in [6, 6.07) is 36.3. The second kappa shape index (κ2) is 26.3. The molecule has 2 atom stereocenters. The Hall–Kier alpha value is -4.99. The van der Waals surface area contributed by atoms with E-state index in [1.807, 2.05) is 0 Å². The molecule has 0 bridgehead atoms. The maximum Gasteiger partial charge on any atom is 0.333 e. The van der Waals surface area contributed by atoms with Gasteiger partial charge in [-0.05, 0) is 117 Å². The molecule has 382 valence electrons. The van der Waals surface area contributed by atoms with Crippen molar-refractivity contribution in [2.75, 3.05) is 65.8 Å². The number of esters is 2. The minimum Gasteiger partial charge on any atom is -0.460 e. The van der Waals surface area contributed by atoms with Crippen LogP contribution >= 0.6 is 0 Å².